The molecule has 0 N–H and O–H groups in total. The number of esters is 12. The zero-order valence-electron chi connectivity index (χ0n) is 81.5. The zero-order chi connectivity index (χ0) is 95.4. The lowest BCUT2D eigenvalue weighted by atomic mass is 10.1. The topological polar surface area (TPSA) is 329 Å². The first-order valence-corrected chi connectivity index (χ1v) is 55.4. The van der Waals surface area contributed by atoms with Crippen molar-refractivity contribution in [2.75, 3.05) is 228 Å². The Labute approximate surface area is 802 Å². The first-order valence-electron chi connectivity index (χ1n) is 48.5. The van der Waals surface area contributed by atoms with Crippen molar-refractivity contribution in [3.63, 3.8) is 0 Å². The van der Waals surface area contributed by atoms with Gasteiger partial charge in [-0.1, -0.05) is 198 Å². The molecule has 0 saturated heterocycles. The van der Waals surface area contributed by atoms with Gasteiger partial charge in [0.05, 0.1) is 74.0 Å². The maximum atomic E-state index is 13.1. The van der Waals surface area contributed by atoms with Gasteiger partial charge < -0.3 is 76.4 Å². The lowest BCUT2D eigenvalue weighted by Gasteiger charge is -2.22. The van der Waals surface area contributed by atoms with Gasteiger partial charge in [-0.25, -0.2) is 0 Å². The Morgan fingerprint density at radius 2 is 0.372 bits per heavy atom. The Kier molecular flexibility index (Phi) is 85.8. The van der Waals surface area contributed by atoms with Gasteiger partial charge in [-0.3, -0.25) is 57.5 Å². The van der Waals surface area contributed by atoms with Crippen molar-refractivity contribution in [2.45, 2.75) is 268 Å². The van der Waals surface area contributed by atoms with Crippen molar-refractivity contribution < 1.29 is 114 Å². The molecule has 0 aliphatic heterocycles. The van der Waals surface area contributed by atoms with Crippen LogP contribution in [0.2, 0.25) is 0 Å². The molecule has 0 aromatic rings. The molecule has 6 unspecified atom stereocenters. The molecule has 0 saturated carbocycles. The van der Waals surface area contributed by atoms with Gasteiger partial charge in [0, 0.05) is 98.4 Å². The third-order valence-corrected chi connectivity index (χ3v) is 28.4. The van der Waals surface area contributed by atoms with E-state index in [9.17, 15) is 57.5 Å². The van der Waals surface area contributed by atoms with Crippen molar-refractivity contribution in [3.05, 3.63) is 0 Å². The Morgan fingerprint density at radius 1 is 0.202 bits per heavy atom. The second-order valence-electron chi connectivity index (χ2n) is 33.4. The molecule has 28 nitrogen and oxygen atoms in total. The second-order valence-corrected chi connectivity index (χ2v) is 40.3. The maximum Gasteiger partial charge on any atom is 0.309 e. The summed E-state index contributed by atoms with van der Waals surface area (Å²) in [7, 11) is 3.91. The zero-order valence-corrected chi connectivity index (χ0v) is 86.4. The van der Waals surface area contributed by atoms with Crippen LogP contribution in [0, 0.1) is 35.5 Å². The van der Waals surface area contributed by atoms with E-state index in [4.69, 9.17) is 56.8 Å². The third kappa shape index (κ3) is 79.5. The number of unbranched alkanes of at least 4 members (excludes halogenated alkanes) is 20. The van der Waals surface area contributed by atoms with Crippen LogP contribution in [0.1, 0.15) is 268 Å². The van der Waals surface area contributed by atoms with Crippen LogP contribution in [-0.4, -0.2) is 319 Å². The molecule has 6 atom stereocenters. The second kappa shape index (κ2) is 88.8. The first kappa shape index (κ1) is 125. The summed E-state index contributed by atoms with van der Waals surface area (Å²) in [5, 5.41) is 0. The molecular weight excluding hydrogens is 1770 g/mol. The molecule has 0 aliphatic rings. The predicted molar refractivity (Wildman–Crippen MR) is 524 cm³/mol. The highest BCUT2D eigenvalue weighted by Crippen LogP contribution is 2.21. The number of nitrogens with zero attached hydrogens (tertiary/aromatic N) is 4. The third-order valence-electron chi connectivity index (χ3n) is 20.7. The molecule has 0 spiro atoms. The Morgan fingerprint density at radius 3 is 0.566 bits per heavy atom. The van der Waals surface area contributed by atoms with Crippen LogP contribution in [0.25, 0.3) is 0 Å². The molecule has 0 aromatic heterocycles. The molecule has 0 rings (SSSR count). The molecule has 34 heteroatoms. The Bertz CT molecular complexity index is 2580. The number of carbonyl (C=O) groups is 12. The molecule has 129 heavy (non-hydrogen) atoms. The molecule has 0 fully saturated rings. The first-order chi connectivity index (χ1) is 62.3. The number of carbonyl (C=O) groups excluding carboxylic acids is 12. The van der Waals surface area contributed by atoms with Gasteiger partial charge in [0.25, 0.3) is 0 Å². The van der Waals surface area contributed by atoms with Crippen LogP contribution in [0.5, 0.6) is 0 Å². The number of thioether (sulfide) groups is 6. The Hall–Kier alpha value is -4.42. The van der Waals surface area contributed by atoms with E-state index in [0.717, 1.165) is 61.7 Å². The van der Waals surface area contributed by atoms with Gasteiger partial charge in [-0.2, -0.15) is 70.6 Å². The van der Waals surface area contributed by atoms with E-state index in [1.807, 2.05) is 61.4 Å². The average Bonchev–Trinajstić information content (AvgIpc) is 0.955. The van der Waals surface area contributed by atoms with E-state index in [0.29, 0.717) is 78.7 Å². The summed E-state index contributed by atoms with van der Waals surface area (Å²) in [6.07, 6.45) is 30.0. The summed E-state index contributed by atoms with van der Waals surface area (Å²) in [6, 6.07) is 0. The monoisotopic (exact) mass is 1950 g/mol. The van der Waals surface area contributed by atoms with Gasteiger partial charge in [-0.05, 0) is 82.3 Å². The normalized spacial score (nSPS) is 12.8. The predicted octanol–water partition coefficient (Wildman–Crippen LogP) is 16.4. The summed E-state index contributed by atoms with van der Waals surface area (Å²) in [5.41, 5.74) is 0. The molecule has 0 radical (unpaired) electrons. The van der Waals surface area contributed by atoms with Crippen molar-refractivity contribution in [3.8, 4) is 0 Å². The lowest BCUT2D eigenvalue weighted by molar-refractivity contribution is -0.154. The highest BCUT2D eigenvalue weighted by molar-refractivity contribution is 8.00. The van der Waals surface area contributed by atoms with Gasteiger partial charge in [0.2, 0.25) is 0 Å². The van der Waals surface area contributed by atoms with Crippen LogP contribution in [-0.2, 0) is 114 Å². The maximum absolute atomic E-state index is 13.1. The van der Waals surface area contributed by atoms with Crippen LogP contribution in [0.4, 0.5) is 0 Å². The minimum atomic E-state index is -0.513. The molecule has 0 heterocycles. The van der Waals surface area contributed by atoms with Gasteiger partial charge >= 0.3 is 71.6 Å². The van der Waals surface area contributed by atoms with Crippen LogP contribution < -0.4 is 0 Å². The van der Waals surface area contributed by atoms with Gasteiger partial charge in [0.15, 0.2) is 0 Å². The number of rotatable bonds is 92. The van der Waals surface area contributed by atoms with Crippen LogP contribution in [0.15, 0.2) is 0 Å². The molecule has 0 bridgehead atoms. The van der Waals surface area contributed by atoms with Gasteiger partial charge in [-0.15, -0.1) is 0 Å². The SMILES string of the molecule is CCCCCCCCSCC(C)C(=O)OCCOC(=O)CCN(CCSCC(C)C(=O)OCCOC(=O)CCN(CCCN(C)C)CCC(=O)OCCOC(=O)C(C)CSCCN(CCC(=O)OCCOC(=O)C(C)CSCCCCCCCC)CCC(=O)OCCOC(=O)C(C)CSCCCCCCCC)CCC(=O)OCCOC(=O)C(C)CSCCCCCCCC. The summed E-state index contributed by atoms with van der Waals surface area (Å²) in [5.74, 6) is 1.12. The molecule has 752 valence electrons. The van der Waals surface area contributed by atoms with Crippen molar-refractivity contribution in [1.82, 2.24) is 19.6 Å². The fraction of sp³-hybridized carbons (Fsp3) is 0.874. The quantitative estimate of drug-likeness (QED) is 0.0310. The number of hydrogen-bond acceptors (Lipinski definition) is 34. The van der Waals surface area contributed by atoms with E-state index in [1.165, 1.54) is 152 Å². The summed E-state index contributed by atoms with van der Waals surface area (Å²) < 4.78 is 65.1. The minimum absolute atomic E-state index is 0.00812. The van der Waals surface area contributed by atoms with Crippen molar-refractivity contribution in [2.24, 2.45) is 35.5 Å². The molecule has 0 aromatic carbocycles. The summed E-state index contributed by atoms with van der Waals surface area (Å²) in [4.78, 5) is 162. The molecule has 0 amide bonds. The highest BCUT2D eigenvalue weighted by Gasteiger charge is 2.24. The van der Waals surface area contributed by atoms with E-state index in [1.54, 1.807) is 60.9 Å². The van der Waals surface area contributed by atoms with Gasteiger partial charge in [0.1, 0.15) is 79.3 Å². The van der Waals surface area contributed by atoms with Crippen LogP contribution in [0.3, 0.4) is 0 Å². The highest BCUT2D eigenvalue weighted by atomic mass is 32.2. The summed E-state index contributed by atoms with van der Waals surface area (Å²) in [6.45, 7) is 22.3. The van der Waals surface area contributed by atoms with E-state index >= 15 is 0 Å². The molecule has 0 aliphatic carbocycles. The minimum Gasteiger partial charge on any atom is -0.462 e. The Balaban J connectivity index is 5.27. The average molecular weight is 1950 g/mol. The van der Waals surface area contributed by atoms with Crippen LogP contribution >= 0.6 is 70.6 Å². The number of hydrogen-bond donors (Lipinski definition) is 0. The fourth-order valence-corrected chi connectivity index (χ4v) is 18.8. The lowest BCUT2D eigenvalue weighted by Crippen LogP contribution is -2.32. The van der Waals surface area contributed by atoms with Crippen molar-refractivity contribution >= 4 is 142 Å². The largest absolute Gasteiger partial charge is 0.462 e. The summed E-state index contributed by atoms with van der Waals surface area (Å²) >= 11 is 9.97. The number of ether oxygens (including phenoxy) is 12. The van der Waals surface area contributed by atoms with E-state index in [-0.39, 0.29) is 192 Å². The fourth-order valence-electron chi connectivity index (χ4n) is 12.5. The van der Waals surface area contributed by atoms with E-state index < -0.39 is 59.6 Å². The van der Waals surface area contributed by atoms with Crippen molar-refractivity contribution in [1.29, 1.82) is 0 Å². The standard InChI is InChI=1S/C95H172N4O24S6/c1-13-17-21-25-29-33-66-124-72-78(5)90(106)118-60-56-114-86(102)40-48-98(49-41-87(103)115-57-61-119-91(107)79(6)73-125-67-34-30-26-22-18-14-2)52-70-128-76-82(9)94(110)122-64-54-112-84(100)38-46-97(45-37-44-96(11)12)47-39-85(101)113-55-65-123-95(111)83(10)77-129-71-53-99(50-42-88(104)116-58-62-120-92(108)80(7)74-126-68-35-31-27-23-19-15-3)51-43-89(105)117-59-63-121-93(109)81(8)75-127-69-36-32-28-24-20-16-4/h78-83H,13-77H2,1-12H3. The smallest absolute Gasteiger partial charge is 0.309 e. The van der Waals surface area contributed by atoms with E-state index in [2.05, 4.69) is 27.7 Å². The molecular formula is C95H172N4O24S6.